The van der Waals surface area contributed by atoms with Gasteiger partial charge in [-0.25, -0.2) is 0 Å². The molecule has 0 spiro atoms. The number of hydrogen-bond acceptors (Lipinski definition) is 3. The van der Waals surface area contributed by atoms with Crippen LogP contribution in [0.1, 0.15) is 89.9 Å². The first-order valence-corrected chi connectivity index (χ1v) is 9.62. The zero-order valence-electron chi connectivity index (χ0n) is 15.9. The quantitative estimate of drug-likeness (QED) is 0.214. The number of rotatable bonds is 16. The van der Waals surface area contributed by atoms with Crippen LogP contribution in [0.4, 0.5) is 0 Å². The van der Waals surface area contributed by atoms with Crippen molar-refractivity contribution in [3.8, 4) is 0 Å². The fourth-order valence-electron chi connectivity index (χ4n) is 2.30. The number of allylic oxidation sites excluding steroid dienone is 2. The Balaban J connectivity index is 0. The molecule has 0 aromatic carbocycles. The predicted octanol–water partition coefficient (Wildman–Crippen LogP) is 5.97. The van der Waals surface area contributed by atoms with E-state index in [4.69, 9.17) is 5.11 Å². The predicted molar refractivity (Wildman–Crippen MR) is 104 cm³/mol. The summed E-state index contributed by atoms with van der Waals surface area (Å²) in [4.78, 5) is 10.7. The van der Waals surface area contributed by atoms with Crippen LogP contribution in [0.5, 0.6) is 0 Å². The lowest BCUT2D eigenvalue weighted by atomic mass is 10.1. The maximum atomic E-state index is 10.7. The first-order valence-electron chi connectivity index (χ1n) is 9.62. The summed E-state index contributed by atoms with van der Waals surface area (Å²) >= 11 is 0. The Morgan fingerprint density at radius 1 is 0.792 bits per heavy atom. The van der Waals surface area contributed by atoms with Gasteiger partial charge in [-0.3, -0.25) is 4.79 Å². The topological polar surface area (TPSA) is 46.5 Å². The molecule has 142 valence electrons. The number of unbranched alkanes of at least 4 members (excludes halogenated alkanes) is 11. The summed E-state index contributed by atoms with van der Waals surface area (Å²) in [5.41, 5.74) is 0. The van der Waals surface area contributed by atoms with Crippen molar-refractivity contribution in [3.05, 3.63) is 25.3 Å². The van der Waals surface area contributed by atoms with E-state index in [9.17, 15) is 4.79 Å². The second-order valence-corrected chi connectivity index (χ2v) is 6.09. The van der Waals surface area contributed by atoms with Crippen molar-refractivity contribution in [2.24, 2.45) is 0 Å². The summed E-state index contributed by atoms with van der Waals surface area (Å²) in [6.07, 6.45) is 19.9. The Labute approximate surface area is 150 Å². The Hall–Kier alpha value is -1.09. The van der Waals surface area contributed by atoms with Gasteiger partial charge in [-0.05, 0) is 38.5 Å². The van der Waals surface area contributed by atoms with Gasteiger partial charge in [-0.15, -0.1) is 13.2 Å². The number of methoxy groups -OCH3 is 1. The van der Waals surface area contributed by atoms with Crippen LogP contribution in [0, 0.1) is 0 Å². The molecule has 0 aromatic rings. The van der Waals surface area contributed by atoms with Crippen molar-refractivity contribution in [1.82, 2.24) is 0 Å². The normalized spacial score (nSPS) is 9.75. The number of carbonyl (C=O) groups excluding carboxylic acids is 1. The molecule has 0 radical (unpaired) electrons. The van der Waals surface area contributed by atoms with E-state index < -0.39 is 0 Å². The van der Waals surface area contributed by atoms with E-state index in [2.05, 4.69) is 17.9 Å². The Morgan fingerprint density at radius 3 is 1.62 bits per heavy atom. The largest absolute Gasteiger partial charge is 0.469 e. The van der Waals surface area contributed by atoms with Crippen molar-refractivity contribution in [2.75, 3.05) is 13.7 Å². The minimum absolute atomic E-state index is 0.0916. The van der Waals surface area contributed by atoms with Crippen LogP contribution in [0.2, 0.25) is 0 Å². The van der Waals surface area contributed by atoms with Gasteiger partial charge in [0.2, 0.25) is 0 Å². The summed E-state index contributed by atoms with van der Waals surface area (Å²) < 4.78 is 4.54. The van der Waals surface area contributed by atoms with Crippen LogP contribution in [0.25, 0.3) is 0 Å². The molecular formula is C21H40O3. The summed E-state index contributed by atoms with van der Waals surface area (Å²) in [5.74, 6) is -0.0916. The highest BCUT2D eigenvalue weighted by molar-refractivity contribution is 5.68. The van der Waals surface area contributed by atoms with Crippen molar-refractivity contribution in [1.29, 1.82) is 0 Å². The Morgan fingerprint density at radius 2 is 1.21 bits per heavy atom. The van der Waals surface area contributed by atoms with Crippen LogP contribution in [0.3, 0.4) is 0 Å². The Kier molecular flexibility index (Phi) is 25.3. The highest BCUT2D eigenvalue weighted by atomic mass is 16.5. The average molecular weight is 341 g/mol. The molecule has 0 bridgehead atoms. The van der Waals surface area contributed by atoms with Gasteiger partial charge in [-0.2, -0.15) is 0 Å². The number of esters is 1. The first-order chi connectivity index (χ1) is 11.7. The van der Waals surface area contributed by atoms with E-state index in [1.165, 1.54) is 58.5 Å². The molecule has 3 nitrogen and oxygen atoms in total. The van der Waals surface area contributed by atoms with Gasteiger partial charge in [0.1, 0.15) is 0 Å². The second-order valence-electron chi connectivity index (χ2n) is 6.09. The maximum Gasteiger partial charge on any atom is 0.305 e. The van der Waals surface area contributed by atoms with Gasteiger partial charge in [-0.1, -0.05) is 57.1 Å². The number of hydrogen-bond donors (Lipinski definition) is 1. The highest BCUT2D eigenvalue weighted by Gasteiger charge is 1.98. The monoisotopic (exact) mass is 340 g/mol. The summed E-state index contributed by atoms with van der Waals surface area (Å²) in [6, 6.07) is 0. The minimum atomic E-state index is -0.0916. The van der Waals surface area contributed by atoms with E-state index >= 15 is 0 Å². The molecule has 0 fully saturated rings. The van der Waals surface area contributed by atoms with Crippen molar-refractivity contribution >= 4 is 5.97 Å². The molecule has 0 amide bonds. The molecule has 0 aliphatic carbocycles. The van der Waals surface area contributed by atoms with E-state index in [0.717, 1.165) is 32.1 Å². The fourth-order valence-corrected chi connectivity index (χ4v) is 2.30. The fraction of sp³-hybridized carbons (Fsp3) is 0.762. The van der Waals surface area contributed by atoms with Gasteiger partial charge in [0.15, 0.2) is 0 Å². The lowest BCUT2D eigenvalue weighted by molar-refractivity contribution is -0.140. The molecule has 0 aromatic heterocycles. The molecule has 0 aliphatic heterocycles. The molecule has 0 atom stereocenters. The van der Waals surface area contributed by atoms with E-state index in [1.807, 2.05) is 12.2 Å². The van der Waals surface area contributed by atoms with E-state index in [1.54, 1.807) is 0 Å². The van der Waals surface area contributed by atoms with Gasteiger partial charge in [0.25, 0.3) is 0 Å². The second kappa shape index (κ2) is 24.2. The van der Waals surface area contributed by atoms with E-state index in [-0.39, 0.29) is 5.97 Å². The van der Waals surface area contributed by atoms with Crippen molar-refractivity contribution < 1.29 is 14.6 Å². The van der Waals surface area contributed by atoms with Gasteiger partial charge >= 0.3 is 5.97 Å². The molecular weight excluding hydrogens is 300 g/mol. The molecule has 3 heteroatoms. The molecule has 0 saturated carbocycles. The molecule has 0 heterocycles. The van der Waals surface area contributed by atoms with Crippen LogP contribution in [-0.4, -0.2) is 24.8 Å². The van der Waals surface area contributed by atoms with Gasteiger partial charge in [0.05, 0.1) is 7.11 Å². The number of ether oxygens (including phenoxy) is 1. The third kappa shape index (κ3) is 25.8. The SMILES string of the molecule is C=CCCCCCCCC(=O)OC.C=CCCCCCCCCO. The van der Waals surface area contributed by atoms with Crippen molar-refractivity contribution in [2.45, 2.75) is 89.9 Å². The molecule has 1 N–H and O–H groups in total. The smallest absolute Gasteiger partial charge is 0.305 e. The summed E-state index contributed by atoms with van der Waals surface area (Å²) in [7, 11) is 1.44. The molecule has 0 unspecified atom stereocenters. The molecule has 0 saturated heterocycles. The van der Waals surface area contributed by atoms with Crippen LogP contribution >= 0.6 is 0 Å². The Bertz CT molecular complexity index is 274. The van der Waals surface area contributed by atoms with E-state index in [0.29, 0.717) is 13.0 Å². The highest BCUT2D eigenvalue weighted by Crippen LogP contribution is 2.08. The third-order valence-electron chi connectivity index (χ3n) is 3.83. The number of aliphatic hydroxyl groups is 1. The van der Waals surface area contributed by atoms with Gasteiger partial charge < -0.3 is 9.84 Å². The summed E-state index contributed by atoms with van der Waals surface area (Å²) in [6.45, 7) is 7.70. The zero-order chi connectivity index (χ0) is 18.3. The molecule has 0 aliphatic rings. The lowest BCUT2D eigenvalue weighted by Crippen LogP contribution is -1.98. The number of aliphatic hydroxyl groups excluding tert-OH is 1. The average Bonchev–Trinajstić information content (AvgIpc) is 2.60. The molecule has 24 heavy (non-hydrogen) atoms. The van der Waals surface area contributed by atoms with Crippen molar-refractivity contribution in [3.63, 3.8) is 0 Å². The minimum Gasteiger partial charge on any atom is -0.469 e. The van der Waals surface area contributed by atoms with Crippen LogP contribution in [0.15, 0.2) is 25.3 Å². The number of carbonyl (C=O) groups is 1. The first kappa shape index (κ1) is 25.2. The molecule has 0 rings (SSSR count). The summed E-state index contributed by atoms with van der Waals surface area (Å²) in [5, 5.41) is 8.49. The van der Waals surface area contributed by atoms with Crippen LogP contribution < -0.4 is 0 Å². The lowest BCUT2D eigenvalue weighted by Gasteiger charge is -1.99. The van der Waals surface area contributed by atoms with Crippen LogP contribution in [-0.2, 0) is 9.53 Å². The maximum absolute atomic E-state index is 10.7. The zero-order valence-corrected chi connectivity index (χ0v) is 15.9. The standard InChI is InChI=1S/C11H20O2.C10H20O/c1-3-4-5-6-7-8-9-10-11(12)13-2;1-2-3-4-5-6-7-8-9-10-11/h3H,1,4-10H2,2H3;2,11H,1,3-10H2. The van der Waals surface area contributed by atoms with Gasteiger partial charge in [0, 0.05) is 13.0 Å². The third-order valence-corrected chi connectivity index (χ3v) is 3.83.